The summed E-state index contributed by atoms with van der Waals surface area (Å²) in [5.74, 6) is 2.77. The van der Waals surface area contributed by atoms with Crippen LogP contribution in [0.4, 0.5) is 22.1 Å². The fourth-order valence-corrected chi connectivity index (χ4v) is 3.82. The predicted octanol–water partition coefficient (Wildman–Crippen LogP) is 6.79. The van der Waals surface area contributed by atoms with Crippen LogP contribution >= 0.6 is 0 Å². The highest BCUT2D eigenvalue weighted by Crippen LogP contribution is 2.26. The fourth-order valence-electron chi connectivity index (χ4n) is 3.82. The van der Waals surface area contributed by atoms with E-state index in [-0.39, 0.29) is 12.0 Å². The molecule has 194 valence electrons. The summed E-state index contributed by atoms with van der Waals surface area (Å²) in [6.45, 7) is 8.19. The number of aromatic nitrogens is 4. The molecule has 3 N–H and O–H groups in total. The number of benzene rings is 2. The molecular formula is C28H29N7O3. The number of pyridine rings is 1. The largest absolute Gasteiger partial charge is 0.457 e. The van der Waals surface area contributed by atoms with Crippen LogP contribution in [0.25, 0.3) is 16.8 Å². The number of rotatable bonds is 8. The molecule has 0 spiro atoms. The highest BCUT2D eigenvalue weighted by atomic mass is 16.5. The first-order valence-corrected chi connectivity index (χ1v) is 12.4. The van der Waals surface area contributed by atoms with E-state index in [0.717, 1.165) is 17.2 Å². The molecule has 10 heteroatoms. The minimum Gasteiger partial charge on any atom is -0.457 e. The maximum absolute atomic E-state index is 12.9. The SMILES string of the molecule is CC(C)Nc1cc(Oc2ccc(NC(=O)Nc3cc(C(C)C)nn3-c3ccc4ocnc4c3)cc2)ccn1. The molecule has 2 aromatic carbocycles. The Labute approximate surface area is 220 Å². The van der Waals surface area contributed by atoms with E-state index >= 15 is 0 Å². The van der Waals surface area contributed by atoms with Crippen LogP contribution in [-0.4, -0.2) is 31.8 Å². The average Bonchev–Trinajstić information content (AvgIpc) is 3.52. The lowest BCUT2D eigenvalue weighted by atomic mass is 10.1. The number of urea groups is 1. The number of nitrogens with zero attached hydrogens (tertiary/aromatic N) is 4. The summed E-state index contributed by atoms with van der Waals surface area (Å²) in [7, 11) is 0. The van der Waals surface area contributed by atoms with Gasteiger partial charge in [0.05, 0.1) is 11.4 Å². The van der Waals surface area contributed by atoms with Crippen LogP contribution in [0.1, 0.15) is 39.3 Å². The highest BCUT2D eigenvalue weighted by molar-refractivity contribution is 5.99. The summed E-state index contributed by atoms with van der Waals surface area (Å²) < 4.78 is 13.0. The second kappa shape index (κ2) is 10.6. The van der Waals surface area contributed by atoms with Gasteiger partial charge in [0.15, 0.2) is 12.0 Å². The van der Waals surface area contributed by atoms with Crippen LogP contribution in [0.15, 0.2) is 77.7 Å². The van der Waals surface area contributed by atoms with Gasteiger partial charge in [-0.15, -0.1) is 0 Å². The Hall–Kier alpha value is -4.86. The van der Waals surface area contributed by atoms with Crippen molar-refractivity contribution in [3.05, 3.63) is 78.9 Å². The zero-order valence-electron chi connectivity index (χ0n) is 21.6. The lowest BCUT2D eigenvalue weighted by molar-refractivity contribution is 0.262. The van der Waals surface area contributed by atoms with Gasteiger partial charge in [0.2, 0.25) is 0 Å². The van der Waals surface area contributed by atoms with Crippen LogP contribution in [0.2, 0.25) is 0 Å². The van der Waals surface area contributed by atoms with E-state index in [9.17, 15) is 4.79 Å². The number of hydrogen-bond donors (Lipinski definition) is 3. The maximum Gasteiger partial charge on any atom is 0.324 e. The van der Waals surface area contributed by atoms with Crippen molar-refractivity contribution in [1.29, 1.82) is 0 Å². The number of nitrogens with one attached hydrogen (secondary N) is 3. The van der Waals surface area contributed by atoms with Crippen molar-refractivity contribution in [3.63, 3.8) is 0 Å². The van der Waals surface area contributed by atoms with Crippen LogP contribution in [0.3, 0.4) is 0 Å². The summed E-state index contributed by atoms with van der Waals surface area (Å²) in [4.78, 5) is 21.4. The van der Waals surface area contributed by atoms with Crippen molar-refractivity contribution in [1.82, 2.24) is 19.7 Å². The Kier molecular flexibility index (Phi) is 6.94. The molecule has 10 nitrogen and oxygen atoms in total. The zero-order valence-corrected chi connectivity index (χ0v) is 21.6. The Morgan fingerprint density at radius 3 is 2.50 bits per heavy atom. The van der Waals surface area contributed by atoms with Gasteiger partial charge in [-0.05, 0) is 68.3 Å². The third kappa shape index (κ3) is 5.75. The molecule has 0 unspecified atom stereocenters. The first-order chi connectivity index (χ1) is 18.3. The molecule has 0 saturated carbocycles. The molecule has 3 aromatic heterocycles. The van der Waals surface area contributed by atoms with Gasteiger partial charge in [-0.3, -0.25) is 5.32 Å². The molecule has 5 rings (SSSR count). The topological polar surface area (TPSA) is 119 Å². The Morgan fingerprint density at radius 1 is 0.921 bits per heavy atom. The Morgan fingerprint density at radius 2 is 1.74 bits per heavy atom. The normalized spacial score (nSPS) is 11.2. The van der Waals surface area contributed by atoms with Crippen LogP contribution in [-0.2, 0) is 0 Å². The number of ether oxygens (including phenoxy) is 1. The first kappa shape index (κ1) is 24.8. The van der Waals surface area contributed by atoms with Gasteiger partial charge in [-0.2, -0.15) is 5.10 Å². The monoisotopic (exact) mass is 511 g/mol. The molecule has 0 aliphatic rings. The lowest BCUT2D eigenvalue weighted by Gasteiger charge is -2.12. The van der Waals surface area contributed by atoms with Gasteiger partial charge < -0.3 is 19.8 Å². The van der Waals surface area contributed by atoms with Crippen LogP contribution < -0.4 is 20.7 Å². The summed E-state index contributed by atoms with van der Waals surface area (Å²) in [5.41, 5.74) is 3.62. The van der Waals surface area contributed by atoms with E-state index in [1.54, 1.807) is 41.2 Å². The highest BCUT2D eigenvalue weighted by Gasteiger charge is 2.16. The first-order valence-electron chi connectivity index (χ1n) is 12.4. The molecular weight excluding hydrogens is 482 g/mol. The number of carbonyl (C=O) groups excluding carboxylic acids is 1. The summed E-state index contributed by atoms with van der Waals surface area (Å²) in [5, 5.41) is 13.7. The second-order valence-electron chi connectivity index (χ2n) is 9.41. The second-order valence-corrected chi connectivity index (χ2v) is 9.41. The van der Waals surface area contributed by atoms with E-state index in [1.807, 2.05) is 44.2 Å². The average molecular weight is 512 g/mol. The summed E-state index contributed by atoms with van der Waals surface area (Å²) in [6.07, 6.45) is 3.10. The van der Waals surface area contributed by atoms with E-state index in [2.05, 4.69) is 39.8 Å². The number of oxazole rings is 1. The van der Waals surface area contributed by atoms with Gasteiger partial charge >= 0.3 is 6.03 Å². The van der Waals surface area contributed by atoms with Crippen molar-refractivity contribution in [3.8, 4) is 17.2 Å². The fraction of sp³-hybridized carbons (Fsp3) is 0.214. The third-order valence-electron chi connectivity index (χ3n) is 5.64. The zero-order chi connectivity index (χ0) is 26.6. The van der Waals surface area contributed by atoms with E-state index in [1.165, 1.54) is 6.39 Å². The lowest BCUT2D eigenvalue weighted by Crippen LogP contribution is -2.21. The van der Waals surface area contributed by atoms with Gasteiger partial charge in [0.25, 0.3) is 0 Å². The molecule has 0 aliphatic heterocycles. The molecule has 0 bridgehead atoms. The smallest absolute Gasteiger partial charge is 0.324 e. The number of fused-ring (bicyclic) bond motifs is 1. The molecule has 5 aromatic rings. The molecule has 0 fully saturated rings. The number of anilines is 3. The quantitative estimate of drug-likeness (QED) is 0.210. The van der Waals surface area contributed by atoms with Gasteiger partial charge in [0, 0.05) is 30.1 Å². The molecule has 2 amide bonds. The maximum atomic E-state index is 12.9. The number of hydrogen-bond acceptors (Lipinski definition) is 7. The van der Waals surface area contributed by atoms with Crippen molar-refractivity contribution >= 4 is 34.5 Å². The standard InChI is InChI=1S/C28H29N7O3/c1-17(2)23-15-27(35(34-23)20-7-10-25-24(13-20)30-16-37-25)33-28(36)32-19-5-8-21(9-6-19)38-22-11-12-29-26(14-22)31-18(3)4/h5-18H,1-4H3,(H,29,31)(H2,32,33,36). The summed E-state index contributed by atoms with van der Waals surface area (Å²) >= 11 is 0. The Balaban J connectivity index is 1.27. The van der Waals surface area contributed by atoms with Gasteiger partial charge in [0.1, 0.15) is 28.7 Å². The van der Waals surface area contributed by atoms with Gasteiger partial charge in [-0.1, -0.05) is 13.8 Å². The molecule has 38 heavy (non-hydrogen) atoms. The van der Waals surface area contributed by atoms with Crippen LogP contribution in [0, 0.1) is 0 Å². The van der Waals surface area contributed by atoms with E-state index in [0.29, 0.717) is 34.1 Å². The molecule has 0 aliphatic carbocycles. The summed E-state index contributed by atoms with van der Waals surface area (Å²) in [6, 6.07) is 18.1. The van der Waals surface area contributed by atoms with Crippen molar-refractivity contribution in [2.45, 2.75) is 39.7 Å². The minimum absolute atomic E-state index is 0.181. The predicted molar refractivity (Wildman–Crippen MR) is 147 cm³/mol. The number of amides is 2. The minimum atomic E-state index is -0.392. The van der Waals surface area contributed by atoms with Crippen LogP contribution in [0.5, 0.6) is 11.5 Å². The van der Waals surface area contributed by atoms with E-state index in [4.69, 9.17) is 14.3 Å². The van der Waals surface area contributed by atoms with Gasteiger partial charge in [-0.25, -0.2) is 19.4 Å². The van der Waals surface area contributed by atoms with Crippen molar-refractivity contribution in [2.24, 2.45) is 0 Å². The Bertz CT molecular complexity index is 1550. The van der Waals surface area contributed by atoms with Crippen molar-refractivity contribution in [2.75, 3.05) is 16.0 Å². The molecule has 0 saturated heterocycles. The molecule has 0 radical (unpaired) electrons. The molecule has 0 atom stereocenters. The van der Waals surface area contributed by atoms with E-state index < -0.39 is 6.03 Å². The third-order valence-corrected chi connectivity index (χ3v) is 5.64. The molecule has 3 heterocycles. The number of carbonyl (C=O) groups is 1. The van der Waals surface area contributed by atoms with Crippen molar-refractivity contribution < 1.29 is 13.9 Å².